The first-order valence-corrected chi connectivity index (χ1v) is 7.24. The summed E-state index contributed by atoms with van der Waals surface area (Å²) in [6, 6.07) is 2.08. The second-order valence-corrected chi connectivity index (χ2v) is 7.26. The molecule has 1 aliphatic heterocycles. The van der Waals surface area contributed by atoms with Crippen molar-refractivity contribution in [2.24, 2.45) is 0 Å². The molecule has 0 fully saturated rings. The molecule has 0 unspecified atom stereocenters. The van der Waals surface area contributed by atoms with Gasteiger partial charge >= 0.3 is 0 Å². The average molecular weight is 364 g/mol. The first kappa shape index (κ1) is 10.9. The first-order valence-electron chi connectivity index (χ1n) is 4.83. The Bertz CT molecular complexity index is 534. The van der Waals surface area contributed by atoms with E-state index in [2.05, 4.69) is 58.0 Å². The van der Waals surface area contributed by atoms with Gasteiger partial charge in [-0.25, -0.2) is 0 Å². The van der Waals surface area contributed by atoms with Gasteiger partial charge in [0.25, 0.3) is 0 Å². The van der Waals surface area contributed by atoms with Gasteiger partial charge in [0.15, 0.2) is 5.82 Å². The monoisotopic (exact) mass is 362 g/mol. The van der Waals surface area contributed by atoms with Crippen LogP contribution in [0.15, 0.2) is 13.6 Å². The van der Waals surface area contributed by atoms with Crippen LogP contribution in [0.5, 0.6) is 0 Å². The van der Waals surface area contributed by atoms with Crippen LogP contribution in [0.3, 0.4) is 0 Å². The van der Waals surface area contributed by atoms with Crippen LogP contribution in [-0.4, -0.2) is 21.3 Å². The number of halogens is 2. The number of fused-ring (bicyclic) bond motifs is 1. The van der Waals surface area contributed by atoms with Crippen molar-refractivity contribution < 1.29 is 0 Å². The van der Waals surface area contributed by atoms with Gasteiger partial charge in [-0.2, -0.15) is 0 Å². The Morgan fingerprint density at radius 1 is 1.38 bits per heavy atom. The summed E-state index contributed by atoms with van der Waals surface area (Å²) in [7, 11) is 0. The van der Waals surface area contributed by atoms with Crippen molar-refractivity contribution in [2.45, 2.75) is 13.1 Å². The van der Waals surface area contributed by atoms with E-state index < -0.39 is 0 Å². The molecule has 1 N–H and O–H groups in total. The minimum Gasteiger partial charge on any atom is -0.309 e. The molecule has 3 heterocycles. The number of nitrogens with zero attached hydrogens (tertiary/aromatic N) is 3. The SMILES string of the molecule is Brc1cc(-c2nnc3n2CCNC3)c(Br)s1. The molecule has 1 aliphatic rings. The van der Waals surface area contributed by atoms with Gasteiger partial charge in [0.2, 0.25) is 0 Å². The molecule has 0 saturated carbocycles. The summed E-state index contributed by atoms with van der Waals surface area (Å²) in [5.41, 5.74) is 1.11. The molecule has 4 nitrogen and oxygen atoms in total. The molecule has 0 amide bonds. The van der Waals surface area contributed by atoms with E-state index in [1.165, 1.54) is 0 Å². The van der Waals surface area contributed by atoms with Crippen LogP contribution in [0.2, 0.25) is 0 Å². The molecular weight excluding hydrogens is 356 g/mol. The zero-order chi connectivity index (χ0) is 11.1. The van der Waals surface area contributed by atoms with Gasteiger partial charge in [0.05, 0.1) is 14.1 Å². The van der Waals surface area contributed by atoms with Crippen molar-refractivity contribution in [1.82, 2.24) is 20.1 Å². The summed E-state index contributed by atoms with van der Waals surface area (Å²) in [5, 5.41) is 11.8. The molecule has 2 aromatic heterocycles. The van der Waals surface area contributed by atoms with Gasteiger partial charge in [-0.05, 0) is 37.9 Å². The number of hydrogen-bond donors (Lipinski definition) is 1. The fourth-order valence-corrected chi connectivity index (χ4v) is 4.57. The molecule has 0 bridgehead atoms. The zero-order valence-corrected chi connectivity index (χ0v) is 12.2. The Labute approximate surface area is 113 Å². The van der Waals surface area contributed by atoms with Crippen LogP contribution in [0.1, 0.15) is 5.82 Å². The second-order valence-electron chi connectivity index (χ2n) is 3.51. The molecule has 0 saturated heterocycles. The molecular formula is C9H8Br2N4S. The van der Waals surface area contributed by atoms with Crippen LogP contribution in [0.25, 0.3) is 11.4 Å². The standard InChI is InChI=1S/C9H8Br2N4S/c10-6-3-5(8(11)16-6)9-14-13-7-4-12-1-2-15(7)9/h3,12H,1-2,4H2. The Morgan fingerprint density at radius 3 is 3.00 bits per heavy atom. The van der Waals surface area contributed by atoms with Crippen LogP contribution < -0.4 is 5.32 Å². The Kier molecular flexibility index (Phi) is 2.87. The van der Waals surface area contributed by atoms with E-state index >= 15 is 0 Å². The fraction of sp³-hybridized carbons (Fsp3) is 0.333. The summed E-state index contributed by atoms with van der Waals surface area (Å²) in [5.74, 6) is 1.96. The van der Waals surface area contributed by atoms with Crippen molar-refractivity contribution >= 4 is 43.2 Å². The highest BCUT2D eigenvalue weighted by Crippen LogP contribution is 2.38. The quantitative estimate of drug-likeness (QED) is 0.846. The van der Waals surface area contributed by atoms with Crippen LogP contribution in [-0.2, 0) is 13.1 Å². The van der Waals surface area contributed by atoms with E-state index in [1.54, 1.807) is 11.3 Å². The number of rotatable bonds is 1. The van der Waals surface area contributed by atoms with Gasteiger partial charge < -0.3 is 9.88 Å². The minimum atomic E-state index is 0.802. The maximum atomic E-state index is 4.27. The van der Waals surface area contributed by atoms with Gasteiger partial charge in [-0.3, -0.25) is 0 Å². The Balaban J connectivity index is 2.13. The Morgan fingerprint density at radius 2 is 2.25 bits per heavy atom. The topological polar surface area (TPSA) is 42.7 Å². The summed E-state index contributed by atoms with van der Waals surface area (Å²) in [6.07, 6.45) is 0. The highest BCUT2D eigenvalue weighted by Gasteiger charge is 2.19. The molecule has 0 aliphatic carbocycles. The van der Waals surface area contributed by atoms with Crippen molar-refractivity contribution in [2.75, 3.05) is 6.54 Å². The third-order valence-corrected chi connectivity index (χ3v) is 4.86. The summed E-state index contributed by atoms with van der Waals surface area (Å²) < 4.78 is 4.37. The molecule has 16 heavy (non-hydrogen) atoms. The van der Waals surface area contributed by atoms with Gasteiger partial charge in [-0.15, -0.1) is 21.5 Å². The van der Waals surface area contributed by atoms with Crippen LogP contribution in [0.4, 0.5) is 0 Å². The molecule has 0 aromatic carbocycles. The summed E-state index contributed by atoms with van der Waals surface area (Å²) >= 11 is 8.70. The maximum Gasteiger partial charge on any atom is 0.166 e. The van der Waals surface area contributed by atoms with E-state index in [0.29, 0.717) is 0 Å². The highest BCUT2D eigenvalue weighted by molar-refractivity contribution is 9.12. The molecule has 0 spiro atoms. The van der Waals surface area contributed by atoms with Gasteiger partial charge in [0, 0.05) is 18.7 Å². The lowest BCUT2D eigenvalue weighted by Gasteiger charge is -2.15. The smallest absolute Gasteiger partial charge is 0.166 e. The van der Waals surface area contributed by atoms with Crippen LogP contribution in [0, 0.1) is 0 Å². The lowest BCUT2D eigenvalue weighted by atomic mass is 10.3. The average Bonchev–Trinajstić information content (AvgIpc) is 2.81. The predicted octanol–water partition coefficient (Wildman–Crippen LogP) is 2.63. The van der Waals surface area contributed by atoms with E-state index in [9.17, 15) is 0 Å². The third-order valence-electron chi connectivity index (χ3n) is 2.52. The van der Waals surface area contributed by atoms with Gasteiger partial charge in [-0.1, -0.05) is 0 Å². The fourth-order valence-electron chi connectivity index (χ4n) is 1.78. The third kappa shape index (κ3) is 1.75. The van der Waals surface area contributed by atoms with Crippen molar-refractivity contribution in [3.05, 3.63) is 19.5 Å². The normalized spacial score (nSPS) is 15.1. The van der Waals surface area contributed by atoms with Crippen molar-refractivity contribution in [3.63, 3.8) is 0 Å². The molecule has 84 valence electrons. The number of thiophene rings is 1. The van der Waals surface area contributed by atoms with Crippen LogP contribution >= 0.6 is 43.2 Å². The van der Waals surface area contributed by atoms with E-state index in [-0.39, 0.29) is 0 Å². The maximum absolute atomic E-state index is 4.27. The lowest BCUT2D eigenvalue weighted by molar-refractivity contribution is 0.508. The number of aromatic nitrogens is 3. The van der Waals surface area contributed by atoms with E-state index in [4.69, 9.17) is 0 Å². The predicted molar refractivity (Wildman–Crippen MR) is 70.4 cm³/mol. The van der Waals surface area contributed by atoms with E-state index in [0.717, 1.165) is 44.4 Å². The Hall–Kier alpha value is -0.240. The first-order chi connectivity index (χ1) is 7.75. The number of hydrogen-bond acceptors (Lipinski definition) is 4. The molecule has 0 atom stereocenters. The molecule has 2 aromatic rings. The molecule has 7 heteroatoms. The number of nitrogens with one attached hydrogen (secondary N) is 1. The van der Waals surface area contributed by atoms with E-state index in [1.807, 2.05) is 0 Å². The molecule has 3 rings (SSSR count). The van der Waals surface area contributed by atoms with Crippen molar-refractivity contribution in [3.8, 4) is 11.4 Å². The second kappa shape index (κ2) is 4.21. The van der Waals surface area contributed by atoms with Gasteiger partial charge in [0.1, 0.15) is 5.82 Å². The lowest BCUT2D eigenvalue weighted by Crippen LogP contribution is -2.28. The highest BCUT2D eigenvalue weighted by atomic mass is 79.9. The van der Waals surface area contributed by atoms with Crippen molar-refractivity contribution in [1.29, 1.82) is 0 Å². The zero-order valence-electron chi connectivity index (χ0n) is 8.20. The summed E-state index contributed by atoms with van der Waals surface area (Å²) in [4.78, 5) is 0. The molecule has 0 radical (unpaired) electrons. The summed E-state index contributed by atoms with van der Waals surface area (Å²) in [6.45, 7) is 2.70. The minimum absolute atomic E-state index is 0.802. The largest absolute Gasteiger partial charge is 0.309 e.